The highest BCUT2D eigenvalue weighted by Crippen LogP contribution is 2.37. The molecule has 3 aromatic carbocycles. The summed E-state index contributed by atoms with van der Waals surface area (Å²) in [5.74, 6) is 0.167. The second-order valence-corrected chi connectivity index (χ2v) is 9.22. The molecule has 5 aromatic rings. The van der Waals surface area contributed by atoms with Crippen LogP contribution in [0.1, 0.15) is 0 Å². The predicted molar refractivity (Wildman–Crippen MR) is 127 cm³/mol. The maximum Gasteiger partial charge on any atom is 0.524 e. The lowest BCUT2D eigenvalue weighted by Gasteiger charge is -2.04. The molecule has 31 heavy (non-hydrogen) atoms. The Morgan fingerprint density at radius 2 is 1.13 bits per heavy atom. The lowest BCUT2D eigenvalue weighted by Crippen LogP contribution is -1.88. The smallest absolute Gasteiger partial charge is 0.404 e. The fraction of sp³-hybridized carbons (Fsp3) is 0. The van der Waals surface area contributed by atoms with Gasteiger partial charge in [0.05, 0.1) is 20.4 Å². The third kappa shape index (κ3) is 7.32. The van der Waals surface area contributed by atoms with Gasteiger partial charge < -0.3 is 16.0 Å². The number of phosphoric acid groups is 1. The summed E-state index contributed by atoms with van der Waals surface area (Å²) in [6, 6.07) is 23.8. The molecule has 6 N–H and O–H groups in total. The molecule has 0 radical (unpaired) electrons. The molecule has 2 heterocycles. The van der Waals surface area contributed by atoms with Gasteiger partial charge in [0.1, 0.15) is 5.75 Å². The number of para-hydroxylation sites is 3. The molecule has 0 atom stereocenters. The van der Waals surface area contributed by atoms with Crippen molar-refractivity contribution in [3.8, 4) is 5.75 Å². The first-order valence-electron chi connectivity index (χ1n) is 8.82. The van der Waals surface area contributed by atoms with Gasteiger partial charge in [-0.25, -0.2) is 14.5 Å². The van der Waals surface area contributed by atoms with Crippen molar-refractivity contribution in [3.63, 3.8) is 0 Å². The van der Waals surface area contributed by atoms with Gasteiger partial charge in [-0.3, -0.25) is 9.79 Å². The summed E-state index contributed by atoms with van der Waals surface area (Å²) in [6.07, 6.45) is 0. The number of anilines is 2. The second kappa shape index (κ2) is 10.3. The van der Waals surface area contributed by atoms with E-state index in [0.29, 0.717) is 10.3 Å². The molecule has 0 unspecified atom stereocenters. The predicted octanol–water partition coefficient (Wildman–Crippen LogP) is 4.92. The van der Waals surface area contributed by atoms with Gasteiger partial charge in [-0.1, -0.05) is 65.1 Å². The number of hydrogen-bond donors (Lipinski definition) is 4. The molecule has 160 valence electrons. The quantitative estimate of drug-likeness (QED) is 0.264. The lowest BCUT2D eigenvalue weighted by atomic mass is 10.3. The van der Waals surface area contributed by atoms with Crippen molar-refractivity contribution < 1.29 is 18.9 Å². The Morgan fingerprint density at radius 3 is 1.55 bits per heavy atom. The minimum Gasteiger partial charge on any atom is -0.404 e. The van der Waals surface area contributed by atoms with E-state index in [4.69, 9.17) is 21.3 Å². The first-order chi connectivity index (χ1) is 14.8. The molecule has 0 spiro atoms. The van der Waals surface area contributed by atoms with Crippen molar-refractivity contribution in [2.24, 2.45) is 0 Å². The van der Waals surface area contributed by atoms with E-state index < -0.39 is 7.82 Å². The van der Waals surface area contributed by atoms with E-state index in [1.54, 1.807) is 18.2 Å². The third-order valence-corrected chi connectivity index (χ3v) is 5.77. The summed E-state index contributed by atoms with van der Waals surface area (Å²) in [7, 11) is -4.39. The average molecular weight is 475 g/mol. The van der Waals surface area contributed by atoms with Crippen molar-refractivity contribution in [1.82, 2.24) is 9.97 Å². The van der Waals surface area contributed by atoms with E-state index in [1.807, 2.05) is 48.5 Å². The molecule has 5 rings (SSSR count). The normalized spacial score (nSPS) is 10.6. The van der Waals surface area contributed by atoms with Gasteiger partial charge in [0.15, 0.2) is 10.3 Å². The Hall–Kier alpha value is -3.01. The van der Waals surface area contributed by atoms with Crippen LogP contribution in [0.2, 0.25) is 0 Å². The minimum absolute atomic E-state index is 0.167. The maximum absolute atomic E-state index is 10.3. The standard InChI is InChI=1S/2C7H6N2S.C6H7O4P/c2*8-7-9-5-3-1-2-4-6(5)10-7;7-11(8,9)10-6-4-2-1-3-5-6/h2*1-4H,(H2,8,9);1-5H,(H2,7,8,9). The highest BCUT2D eigenvalue weighted by Gasteiger charge is 2.14. The van der Waals surface area contributed by atoms with Gasteiger partial charge in [0.2, 0.25) is 0 Å². The molecule has 0 bridgehead atoms. The van der Waals surface area contributed by atoms with E-state index in [1.165, 1.54) is 34.8 Å². The summed E-state index contributed by atoms with van der Waals surface area (Å²) in [4.78, 5) is 24.9. The molecular formula is C20H19N4O4PS2. The molecule has 8 nitrogen and oxygen atoms in total. The highest BCUT2D eigenvalue weighted by molar-refractivity contribution is 7.46. The number of fused-ring (bicyclic) bond motifs is 2. The van der Waals surface area contributed by atoms with Crippen LogP contribution in [-0.4, -0.2) is 19.8 Å². The van der Waals surface area contributed by atoms with Gasteiger partial charge in [-0.15, -0.1) is 0 Å². The van der Waals surface area contributed by atoms with Crippen molar-refractivity contribution in [2.75, 3.05) is 11.5 Å². The van der Waals surface area contributed by atoms with Gasteiger partial charge in [-0.05, 0) is 36.4 Å². The molecular weight excluding hydrogens is 455 g/mol. The van der Waals surface area contributed by atoms with E-state index in [0.717, 1.165) is 20.4 Å². The van der Waals surface area contributed by atoms with Crippen LogP contribution in [0.5, 0.6) is 5.75 Å². The molecule has 0 saturated carbocycles. The summed E-state index contributed by atoms with van der Waals surface area (Å²) in [5, 5.41) is 1.28. The summed E-state index contributed by atoms with van der Waals surface area (Å²) < 4.78 is 16.8. The topological polar surface area (TPSA) is 145 Å². The summed E-state index contributed by atoms with van der Waals surface area (Å²) in [5.41, 5.74) is 13.0. The van der Waals surface area contributed by atoms with Gasteiger partial charge in [0.25, 0.3) is 0 Å². The van der Waals surface area contributed by atoms with Gasteiger partial charge in [-0.2, -0.15) is 0 Å². The monoisotopic (exact) mass is 474 g/mol. The zero-order chi connectivity index (χ0) is 22.3. The maximum atomic E-state index is 10.3. The molecule has 0 fully saturated rings. The summed E-state index contributed by atoms with van der Waals surface area (Å²) in [6.45, 7) is 0. The highest BCUT2D eigenvalue weighted by atomic mass is 32.1. The number of thiazole rings is 2. The zero-order valence-electron chi connectivity index (χ0n) is 16.0. The third-order valence-electron chi connectivity index (χ3n) is 3.59. The molecule has 0 saturated heterocycles. The number of rotatable bonds is 2. The Morgan fingerprint density at radius 1 is 0.710 bits per heavy atom. The van der Waals surface area contributed by atoms with Crippen molar-refractivity contribution >= 4 is 61.2 Å². The van der Waals surface area contributed by atoms with E-state index in [2.05, 4.69) is 14.5 Å². The Balaban J connectivity index is 0.000000132. The molecule has 0 aliphatic rings. The van der Waals surface area contributed by atoms with Crippen LogP contribution in [0.4, 0.5) is 10.3 Å². The fourth-order valence-corrected chi connectivity index (χ4v) is 4.26. The van der Waals surface area contributed by atoms with Crippen LogP contribution in [0.25, 0.3) is 20.4 Å². The number of benzene rings is 3. The average Bonchev–Trinajstić information content (AvgIpc) is 3.28. The molecule has 11 heteroatoms. The molecule has 0 amide bonds. The van der Waals surface area contributed by atoms with Crippen LogP contribution in [0.15, 0.2) is 78.9 Å². The van der Waals surface area contributed by atoms with E-state index in [9.17, 15) is 4.57 Å². The first-order valence-corrected chi connectivity index (χ1v) is 12.0. The Labute approximate surface area is 186 Å². The molecule has 2 aromatic heterocycles. The minimum atomic E-state index is -4.39. The van der Waals surface area contributed by atoms with Crippen LogP contribution in [-0.2, 0) is 4.57 Å². The fourth-order valence-electron chi connectivity index (χ4n) is 2.40. The van der Waals surface area contributed by atoms with E-state index >= 15 is 0 Å². The van der Waals surface area contributed by atoms with Crippen LogP contribution < -0.4 is 16.0 Å². The van der Waals surface area contributed by atoms with Crippen molar-refractivity contribution in [3.05, 3.63) is 78.9 Å². The number of hydrogen-bond acceptors (Lipinski definition) is 8. The zero-order valence-corrected chi connectivity index (χ0v) is 18.6. The van der Waals surface area contributed by atoms with Crippen LogP contribution in [0.3, 0.4) is 0 Å². The Bertz CT molecular complexity index is 1170. The number of aromatic nitrogens is 2. The SMILES string of the molecule is Nc1nc2ccccc2s1.Nc1nc2ccccc2s1.O=P(O)(O)Oc1ccccc1. The number of nitrogens with zero attached hydrogens (tertiary/aromatic N) is 2. The van der Waals surface area contributed by atoms with E-state index in [-0.39, 0.29) is 5.75 Å². The van der Waals surface area contributed by atoms with Crippen molar-refractivity contribution in [2.45, 2.75) is 0 Å². The Kier molecular flexibility index (Phi) is 7.56. The van der Waals surface area contributed by atoms with Gasteiger partial charge >= 0.3 is 7.82 Å². The van der Waals surface area contributed by atoms with Crippen LogP contribution >= 0.6 is 30.5 Å². The molecule has 0 aliphatic carbocycles. The lowest BCUT2D eigenvalue weighted by molar-refractivity contribution is 0.283. The second-order valence-electron chi connectivity index (χ2n) is 5.93. The molecule has 0 aliphatic heterocycles. The number of nitrogen functional groups attached to an aromatic ring is 2. The first kappa shape index (κ1) is 22.7. The van der Waals surface area contributed by atoms with Crippen molar-refractivity contribution in [1.29, 1.82) is 0 Å². The summed E-state index contributed by atoms with van der Waals surface area (Å²) >= 11 is 3.04. The van der Waals surface area contributed by atoms with Crippen LogP contribution in [0, 0.1) is 0 Å². The largest absolute Gasteiger partial charge is 0.524 e. The number of nitrogens with two attached hydrogens (primary N) is 2. The number of phosphoric ester groups is 1. The van der Waals surface area contributed by atoms with Gasteiger partial charge in [0, 0.05) is 0 Å².